The molecule has 0 saturated heterocycles. The summed E-state index contributed by atoms with van der Waals surface area (Å²) in [7, 11) is 0. The van der Waals surface area contributed by atoms with Gasteiger partial charge in [0.1, 0.15) is 0 Å². The number of alkyl halides is 1. The Kier molecular flexibility index (Phi) is 7.01. The van der Waals surface area contributed by atoms with E-state index in [4.69, 9.17) is 18.0 Å². The average Bonchev–Trinajstić information content (AvgIpc) is 2.24. The minimum absolute atomic E-state index is 0.338. The van der Waals surface area contributed by atoms with Crippen molar-refractivity contribution in [2.24, 2.45) is 11.8 Å². The summed E-state index contributed by atoms with van der Waals surface area (Å²) in [5.74, 6) is 4.03. The van der Waals surface area contributed by atoms with Crippen molar-refractivity contribution in [3.8, 4) is 12.3 Å². The second-order valence-electron chi connectivity index (χ2n) is 4.43. The fraction of sp³-hybridized carbons (Fsp3) is 0.571. The van der Waals surface area contributed by atoms with Crippen LogP contribution in [0.25, 0.3) is 0 Å². The number of nitrogens with zero attached hydrogens (tertiary/aromatic N) is 1. The molecular formula is C14H22ClN. The Morgan fingerprint density at radius 3 is 2.38 bits per heavy atom. The molecule has 0 amide bonds. The second-order valence-corrected chi connectivity index (χ2v) is 4.74. The van der Waals surface area contributed by atoms with Gasteiger partial charge in [-0.25, -0.2) is 0 Å². The van der Waals surface area contributed by atoms with Crippen LogP contribution in [0, 0.1) is 24.2 Å². The third kappa shape index (κ3) is 4.77. The lowest BCUT2D eigenvalue weighted by molar-refractivity contribution is 0.327. The van der Waals surface area contributed by atoms with E-state index >= 15 is 0 Å². The SMILES string of the molecule is C#CCN(CC(=C)C)C(=C)C(C)C(C)CCl. The third-order valence-corrected chi connectivity index (χ3v) is 3.26. The predicted octanol–water partition coefficient (Wildman–Crippen LogP) is 3.52. The van der Waals surface area contributed by atoms with Gasteiger partial charge in [0, 0.05) is 18.1 Å². The second kappa shape index (κ2) is 7.41. The molecule has 0 N–H and O–H groups in total. The van der Waals surface area contributed by atoms with E-state index in [2.05, 4.69) is 37.8 Å². The molecule has 0 aliphatic rings. The van der Waals surface area contributed by atoms with Crippen LogP contribution in [0.3, 0.4) is 0 Å². The summed E-state index contributed by atoms with van der Waals surface area (Å²) >= 11 is 5.86. The summed E-state index contributed by atoms with van der Waals surface area (Å²) in [6.07, 6.45) is 5.36. The zero-order valence-electron chi connectivity index (χ0n) is 10.6. The molecular weight excluding hydrogens is 218 g/mol. The van der Waals surface area contributed by atoms with Gasteiger partial charge >= 0.3 is 0 Å². The summed E-state index contributed by atoms with van der Waals surface area (Å²) in [4.78, 5) is 2.09. The minimum atomic E-state index is 0.338. The largest absolute Gasteiger partial charge is 0.360 e. The van der Waals surface area contributed by atoms with Crippen molar-refractivity contribution in [1.29, 1.82) is 0 Å². The molecule has 2 heteroatoms. The molecule has 0 aliphatic heterocycles. The zero-order chi connectivity index (χ0) is 12.7. The maximum Gasteiger partial charge on any atom is 0.0792 e. The molecule has 0 fully saturated rings. The molecule has 2 atom stereocenters. The lowest BCUT2D eigenvalue weighted by Gasteiger charge is -2.31. The highest BCUT2D eigenvalue weighted by Crippen LogP contribution is 2.23. The van der Waals surface area contributed by atoms with E-state index in [1.165, 1.54) is 0 Å². The Hall–Kier alpha value is -0.870. The third-order valence-electron chi connectivity index (χ3n) is 2.77. The molecule has 90 valence electrons. The molecule has 0 aromatic rings. The first-order chi connectivity index (χ1) is 7.43. The molecule has 0 heterocycles. The number of hydrogen-bond donors (Lipinski definition) is 0. The molecule has 2 unspecified atom stereocenters. The van der Waals surface area contributed by atoms with Gasteiger partial charge < -0.3 is 4.90 Å². The highest BCUT2D eigenvalue weighted by Gasteiger charge is 2.18. The van der Waals surface area contributed by atoms with Gasteiger partial charge in [-0.15, -0.1) is 18.0 Å². The van der Waals surface area contributed by atoms with Crippen molar-refractivity contribution in [3.63, 3.8) is 0 Å². The molecule has 0 aromatic carbocycles. The van der Waals surface area contributed by atoms with Gasteiger partial charge in [0.05, 0.1) is 6.54 Å². The lowest BCUT2D eigenvalue weighted by atomic mass is 9.94. The van der Waals surface area contributed by atoms with Crippen molar-refractivity contribution >= 4 is 11.6 Å². The van der Waals surface area contributed by atoms with Crippen LogP contribution in [-0.4, -0.2) is 23.9 Å². The maximum atomic E-state index is 5.86. The molecule has 16 heavy (non-hydrogen) atoms. The average molecular weight is 240 g/mol. The van der Waals surface area contributed by atoms with E-state index < -0.39 is 0 Å². The molecule has 0 radical (unpaired) electrons. The van der Waals surface area contributed by atoms with Crippen molar-refractivity contribution in [2.75, 3.05) is 19.0 Å². The van der Waals surface area contributed by atoms with Gasteiger partial charge in [-0.3, -0.25) is 0 Å². The van der Waals surface area contributed by atoms with Crippen LogP contribution in [0.5, 0.6) is 0 Å². The fourth-order valence-electron chi connectivity index (χ4n) is 1.45. The standard InChI is InChI=1S/C14H22ClN/c1-7-8-16(10-11(2)3)14(6)13(5)12(4)9-15/h1,12-13H,2,6,8-10H2,3-5H3. The van der Waals surface area contributed by atoms with E-state index in [-0.39, 0.29) is 0 Å². The van der Waals surface area contributed by atoms with Crippen molar-refractivity contribution in [3.05, 3.63) is 24.4 Å². The molecule has 1 nitrogen and oxygen atoms in total. The first kappa shape index (κ1) is 15.1. The van der Waals surface area contributed by atoms with Crippen LogP contribution in [0.1, 0.15) is 20.8 Å². The first-order valence-electron chi connectivity index (χ1n) is 5.51. The zero-order valence-corrected chi connectivity index (χ0v) is 11.3. The van der Waals surface area contributed by atoms with Crippen LogP contribution in [-0.2, 0) is 0 Å². The van der Waals surface area contributed by atoms with Gasteiger partial charge in [0.15, 0.2) is 0 Å². The van der Waals surface area contributed by atoms with Crippen LogP contribution >= 0.6 is 11.6 Å². The number of terminal acetylenes is 1. The molecule has 0 aromatic heterocycles. The highest BCUT2D eigenvalue weighted by atomic mass is 35.5. The van der Waals surface area contributed by atoms with E-state index in [1.54, 1.807) is 0 Å². The van der Waals surface area contributed by atoms with Gasteiger partial charge in [-0.2, -0.15) is 0 Å². The van der Waals surface area contributed by atoms with Gasteiger partial charge in [-0.1, -0.05) is 38.5 Å². The quantitative estimate of drug-likeness (QED) is 0.373. The monoisotopic (exact) mass is 239 g/mol. The van der Waals surface area contributed by atoms with Gasteiger partial charge in [0.25, 0.3) is 0 Å². The number of allylic oxidation sites excluding steroid dienone is 1. The van der Waals surface area contributed by atoms with Crippen LogP contribution < -0.4 is 0 Å². The van der Waals surface area contributed by atoms with Crippen molar-refractivity contribution in [1.82, 2.24) is 4.90 Å². The summed E-state index contributed by atoms with van der Waals surface area (Å²) in [6.45, 7) is 15.6. The summed E-state index contributed by atoms with van der Waals surface area (Å²) < 4.78 is 0. The Morgan fingerprint density at radius 1 is 1.44 bits per heavy atom. The maximum absolute atomic E-state index is 5.86. The Labute approximate surface area is 105 Å². The van der Waals surface area contributed by atoms with Crippen LogP contribution in [0.2, 0.25) is 0 Å². The summed E-state index contributed by atoms with van der Waals surface area (Å²) in [5, 5.41) is 0. The van der Waals surface area contributed by atoms with Gasteiger partial charge in [0.2, 0.25) is 0 Å². The molecule has 0 saturated carbocycles. The Balaban J connectivity index is 4.60. The van der Waals surface area contributed by atoms with E-state index in [0.29, 0.717) is 24.3 Å². The fourth-order valence-corrected chi connectivity index (χ4v) is 1.71. The highest BCUT2D eigenvalue weighted by molar-refractivity contribution is 6.18. The molecule has 0 spiro atoms. The van der Waals surface area contributed by atoms with Gasteiger partial charge in [-0.05, 0) is 18.8 Å². The number of rotatable bonds is 7. The molecule has 0 rings (SSSR count). The van der Waals surface area contributed by atoms with E-state index in [9.17, 15) is 0 Å². The van der Waals surface area contributed by atoms with Crippen molar-refractivity contribution in [2.45, 2.75) is 20.8 Å². The summed E-state index contributed by atoms with van der Waals surface area (Å²) in [5.41, 5.74) is 2.14. The van der Waals surface area contributed by atoms with E-state index in [1.807, 2.05) is 6.92 Å². The Morgan fingerprint density at radius 2 is 2.00 bits per heavy atom. The number of halogens is 1. The predicted molar refractivity (Wildman–Crippen MR) is 73.4 cm³/mol. The lowest BCUT2D eigenvalue weighted by Crippen LogP contribution is -2.30. The number of hydrogen-bond acceptors (Lipinski definition) is 1. The normalized spacial score (nSPS) is 13.7. The topological polar surface area (TPSA) is 3.24 Å². The van der Waals surface area contributed by atoms with Crippen LogP contribution in [0.4, 0.5) is 0 Å². The smallest absolute Gasteiger partial charge is 0.0792 e. The Bertz CT molecular complexity index is 288. The first-order valence-corrected chi connectivity index (χ1v) is 6.05. The molecule has 0 aliphatic carbocycles. The summed E-state index contributed by atoms with van der Waals surface area (Å²) in [6, 6.07) is 0. The van der Waals surface area contributed by atoms with E-state index in [0.717, 1.165) is 17.8 Å². The minimum Gasteiger partial charge on any atom is -0.360 e. The van der Waals surface area contributed by atoms with Crippen LogP contribution in [0.15, 0.2) is 24.4 Å². The molecule has 0 bridgehead atoms. The van der Waals surface area contributed by atoms with Crippen molar-refractivity contribution < 1.29 is 0 Å².